The summed E-state index contributed by atoms with van der Waals surface area (Å²) in [6.45, 7) is 6.06. The summed E-state index contributed by atoms with van der Waals surface area (Å²) in [5, 5.41) is 15.3. The Balaban J connectivity index is 2.18. The van der Waals surface area contributed by atoms with E-state index in [0.717, 1.165) is 12.8 Å². The number of nitrogens with one attached hydrogen (secondary N) is 2. The summed E-state index contributed by atoms with van der Waals surface area (Å²) in [6.07, 6.45) is 1.32. The van der Waals surface area contributed by atoms with Crippen molar-refractivity contribution in [2.45, 2.75) is 57.3 Å². The number of carbonyl (C=O) groups is 1. The van der Waals surface area contributed by atoms with E-state index in [1.807, 2.05) is 20.8 Å². The number of ether oxygens (including phenoxy) is 2. The third-order valence-corrected chi connectivity index (χ3v) is 2.92. The van der Waals surface area contributed by atoms with Crippen LogP contribution in [0.3, 0.4) is 0 Å². The molecule has 0 spiro atoms. The predicted octanol–water partition coefficient (Wildman–Crippen LogP) is 0.639. The van der Waals surface area contributed by atoms with Gasteiger partial charge < -0.3 is 25.2 Å². The normalized spacial score (nSPS) is 24.5. The van der Waals surface area contributed by atoms with Crippen LogP contribution in [-0.4, -0.2) is 55.2 Å². The van der Waals surface area contributed by atoms with Gasteiger partial charge in [0.15, 0.2) is 0 Å². The number of rotatable bonds is 6. The number of hydrogen-bond donors (Lipinski definition) is 3. The molecule has 0 radical (unpaired) electrons. The standard InChI is InChI=1S/C13H26N2O4/c1-13(2,3)19-12(17)15-10-5-9(6-10)14-11(7-16)8-18-4/h9-11,14,16H,5-8H2,1-4H3,(H,15,17). The van der Waals surface area contributed by atoms with E-state index in [1.54, 1.807) is 7.11 Å². The van der Waals surface area contributed by atoms with Crippen molar-refractivity contribution in [1.29, 1.82) is 0 Å². The zero-order valence-electron chi connectivity index (χ0n) is 12.2. The van der Waals surface area contributed by atoms with Crippen molar-refractivity contribution >= 4 is 6.09 Å². The van der Waals surface area contributed by atoms with Crippen LogP contribution in [0.15, 0.2) is 0 Å². The fraction of sp³-hybridized carbons (Fsp3) is 0.923. The first-order valence-electron chi connectivity index (χ1n) is 6.69. The number of aliphatic hydroxyl groups excluding tert-OH is 1. The monoisotopic (exact) mass is 274 g/mol. The average Bonchev–Trinajstić information content (AvgIpc) is 2.22. The lowest BCUT2D eigenvalue weighted by Gasteiger charge is -2.38. The molecular formula is C13H26N2O4. The van der Waals surface area contributed by atoms with Gasteiger partial charge in [-0.1, -0.05) is 0 Å². The molecule has 1 amide bonds. The number of carbonyl (C=O) groups excluding carboxylic acids is 1. The summed E-state index contributed by atoms with van der Waals surface area (Å²) in [6, 6.07) is 0.416. The van der Waals surface area contributed by atoms with E-state index >= 15 is 0 Å². The number of amides is 1. The SMILES string of the molecule is COCC(CO)NC1CC(NC(=O)OC(C)(C)C)C1. The molecule has 1 atom stereocenters. The molecule has 0 heterocycles. The molecule has 1 aliphatic carbocycles. The van der Waals surface area contributed by atoms with Gasteiger partial charge in [0, 0.05) is 19.2 Å². The minimum Gasteiger partial charge on any atom is -0.444 e. The smallest absolute Gasteiger partial charge is 0.407 e. The second-order valence-electron chi connectivity index (χ2n) is 6.01. The number of hydrogen-bond acceptors (Lipinski definition) is 5. The molecule has 6 nitrogen and oxygen atoms in total. The molecular weight excluding hydrogens is 248 g/mol. The van der Waals surface area contributed by atoms with Gasteiger partial charge in [0.2, 0.25) is 0 Å². The van der Waals surface area contributed by atoms with E-state index in [9.17, 15) is 4.79 Å². The Bertz CT molecular complexity index is 285. The Labute approximate surface area is 114 Å². The van der Waals surface area contributed by atoms with E-state index in [2.05, 4.69) is 10.6 Å². The Morgan fingerprint density at radius 1 is 1.37 bits per heavy atom. The molecule has 1 unspecified atom stereocenters. The van der Waals surface area contributed by atoms with Gasteiger partial charge in [-0.25, -0.2) is 4.79 Å². The zero-order valence-corrected chi connectivity index (χ0v) is 12.2. The summed E-state index contributed by atoms with van der Waals surface area (Å²) in [5.74, 6) is 0. The number of alkyl carbamates (subject to hydrolysis) is 1. The molecule has 0 bridgehead atoms. The second-order valence-corrected chi connectivity index (χ2v) is 6.01. The molecule has 3 N–H and O–H groups in total. The van der Waals surface area contributed by atoms with Gasteiger partial charge in [0.25, 0.3) is 0 Å². The summed E-state index contributed by atoms with van der Waals surface area (Å²) in [4.78, 5) is 11.5. The molecule has 0 aromatic carbocycles. The first kappa shape index (κ1) is 16.2. The van der Waals surface area contributed by atoms with Crippen LogP contribution >= 0.6 is 0 Å². The molecule has 112 valence electrons. The summed E-state index contributed by atoms with van der Waals surface area (Å²) < 4.78 is 10.2. The third kappa shape index (κ3) is 6.22. The van der Waals surface area contributed by atoms with Gasteiger partial charge >= 0.3 is 6.09 Å². The quantitative estimate of drug-likeness (QED) is 0.662. The van der Waals surface area contributed by atoms with Crippen LogP contribution in [0, 0.1) is 0 Å². The Hall–Kier alpha value is -0.850. The summed E-state index contributed by atoms with van der Waals surface area (Å²) in [5.41, 5.74) is -0.466. The van der Waals surface area contributed by atoms with Crippen molar-refractivity contribution in [3.8, 4) is 0 Å². The average molecular weight is 274 g/mol. The summed E-state index contributed by atoms with van der Waals surface area (Å²) >= 11 is 0. The van der Waals surface area contributed by atoms with Gasteiger partial charge in [-0.05, 0) is 33.6 Å². The Morgan fingerprint density at radius 2 is 2.00 bits per heavy atom. The number of aliphatic hydroxyl groups is 1. The Morgan fingerprint density at radius 3 is 2.47 bits per heavy atom. The molecule has 6 heteroatoms. The van der Waals surface area contributed by atoms with Crippen molar-refractivity contribution in [3.05, 3.63) is 0 Å². The molecule has 0 aliphatic heterocycles. The highest BCUT2D eigenvalue weighted by atomic mass is 16.6. The van der Waals surface area contributed by atoms with E-state index in [1.165, 1.54) is 0 Å². The molecule has 0 saturated heterocycles. The fourth-order valence-electron chi connectivity index (χ4n) is 2.03. The van der Waals surface area contributed by atoms with Crippen molar-refractivity contribution in [2.75, 3.05) is 20.3 Å². The molecule has 1 aliphatic rings. The van der Waals surface area contributed by atoms with Gasteiger partial charge in [-0.2, -0.15) is 0 Å². The second kappa shape index (κ2) is 7.07. The fourth-order valence-corrected chi connectivity index (χ4v) is 2.03. The highest BCUT2D eigenvalue weighted by Gasteiger charge is 2.32. The van der Waals surface area contributed by atoms with Crippen molar-refractivity contribution in [3.63, 3.8) is 0 Å². The van der Waals surface area contributed by atoms with E-state index < -0.39 is 5.60 Å². The molecule has 19 heavy (non-hydrogen) atoms. The lowest BCUT2D eigenvalue weighted by Crippen LogP contribution is -2.56. The molecule has 1 rings (SSSR count). The van der Waals surface area contributed by atoms with Crippen molar-refractivity contribution in [2.24, 2.45) is 0 Å². The van der Waals surface area contributed by atoms with Crippen molar-refractivity contribution < 1.29 is 19.4 Å². The minimum atomic E-state index is -0.466. The lowest BCUT2D eigenvalue weighted by atomic mass is 9.86. The topological polar surface area (TPSA) is 79.8 Å². The van der Waals surface area contributed by atoms with Crippen LogP contribution in [-0.2, 0) is 9.47 Å². The summed E-state index contributed by atoms with van der Waals surface area (Å²) in [7, 11) is 1.61. The minimum absolute atomic E-state index is 0.0440. The lowest BCUT2D eigenvalue weighted by molar-refractivity contribution is 0.0450. The molecule has 1 saturated carbocycles. The number of methoxy groups -OCH3 is 1. The molecule has 0 aromatic heterocycles. The van der Waals surface area contributed by atoms with Gasteiger partial charge in [-0.3, -0.25) is 0 Å². The maximum Gasteiger partial charge on any atom is 0.407 e. The molecule has 1 fully saturated rings. The highest BCUT2D eigenvalue weighted by Crippen LogP contribution is 2.21. The van der Waals surface area contributed by atoms with E-state index in [-0.39, 0.29) is 24.8 Å². The first-order valence-corrected chi connectivity index (χ1v) is 6.69. The maximum absolute atomic E-state index is 11.5. The van der Waals surface area contributed by atoms with Crippen LogP contribution in [0.25, 0.3) is 0 Å². The van der Waals surface area contributed by atoms with E-state index in [0.29, 0.717) is 12.6 Å². The predicted molar refractivity (Wildman–Crippen MR) is 72.1 cm³/mol. The first-order chi connectivity index (χ1) is 8.84. The van der Waals surface area contributed by atoms with Gasteiger partial charge in [0.05, 0.1) is 19.3 Å². The Kier molecular flexibility index (Phi) is 6.03. The van der Waals surface area contributed by atoms with Crippen LogP contribution in [0.4, 0.5) is 4.79 Å². The van der Waals surface area contributed by atoms with Crippen LogP contribution < -0.4 is 10.6 Å². The van der Waals surface area contributed by atoms with Crippen LogP contribution in [0.1, 0.15) is 33.6 Å². The highest BCUT2D eigenvalue weighted by molar-refractivity contribution is 5.68. The van der Waals surface area contributed by atoms with Gasteiger partial charge in [-0.15, -0.1) is 0 Å². The maximum atomic E-state index is 11.5. The largest absolute Gasteiger partial charge is 0.444 e. The third-order valence-electron chi connectivity index (χ3n) is 2.92. The zero-order chi connectivity index (χ0) is 14.5. The van der Waals surface area contributed by atoms with Gasteiger partial charge in [0.1, 0.15) is 5.60 Å². The molecule has 0 aromatic rings. The van der Waals surface area contributed by atoms with Crippen LogP contribution in [0.2, 0.25) is 0 Å². The van der Waals surface area contributed by atoms with E-state index in [4.69, 9.17) is 14.6 Å². The van der Waals surface area contributed by atoms with Crippen molar-refractivity contribution in [1.82, 2.24) is 10.6 Å². The van der Waals surface area contributed by atoms with Crippen LogP contribution in [0.5, 0.6) is 0 Å².